The minimum absolute atomic E-state index is 0.209. The van der Waals surface area contributed by atoms with Crippen LogP contribution >= 0.6 is 0 Å². The maximum atomic E-state index is 13.6. The largest absolute Gasteiger partial charge is 0.337 e. The lowest BCUT2D eigenvalue weighted by Gasteiger charge is -2.36. The number of likely N-dealkylation sites (tertiary alicyclic amines) is 2. The van der Waals surface area contributed by atoms with E-state index in [1.807, 2.05) is 0 Å². The Morgan fingerprint density at radius 3 is 2.38 bits per heavy atom. The summed E-state index contributed by atoms with van der Waals surface area (Å²) in [5.41, 5.74) is -0.754. The molecule has 114 valence electrons. The zero-order valence-electron chi connectivity index (χ0n) is 11.2. The molecule has 0 aromatic heterocycles. The van der Waals surface area contributed by atoms with Crippen LogP contribution in [0, 0.1) is 23.3 Å². The molecule has 3 rings (SSSR count). The summed E-state index contributed by atoms with van der Waals surface area (Å²) in [5.74, 6) is -7.84. The predicted molar refractivity (Wildman–Crippen MR) is 66.8 cm³/mol. The highest BCUT2D eigenvalue weighted by atomic mass is 19.2. The first-order chi connectivity index (χ1) is 9.99. The second-order valence-electron chi connectivity index (χ2n) is 5.43. The Kier molecular flexibility index (Phi) is 3.61. The van der Waals surface area contributed by atoms with E-state index in [0.717, 1.165) is 25.9 Å². The van der Waals surface area contributed by atoms with Gasteiger partial charge in [0.25, 0.3) is 5.91 Å². The number of hydrogen-bond acceptors (Lipinski definition) is 2. The van der Waals surface area contributed by atoms with E-state index in [4.69, 9.17) is 0 Å². The van der Waals surface area contributed by atoms with Crippen LogP contribution in [0.2, 0.25) is 0 Å². The lowest BCUT2D eigenvalue weighted by molar-refractivity contribution is 0.0745. The van der Waals surface area contributed by atoms with Gasteiger partial charge in [-0.1, -0.05) is 0 Å². The number of rotatable bonds is 2. The Balaban J connectivity index is 1.80. The Morgan fingerprint density at radius 2 is 1.76 bits per heavy atom. The van der Waals surface area contributed by atoms with E-state index in [0.29, 0.717) is 19.2 Å². The second-order valence-corrected chi connectivity index (χ2v) is 5.43. The molecule has 2 aliphatic heterocycles. The number of amides is 1. The molecule has 1 unspecified atom stereocenters. The lowest BCUT2D eigenvalue weighted by Crippen LogP contribution is -2.46. The fourth-order valence-electron chi connectivity index (χ4n) is 2.83. The average Bonchev–Trinajstić information content (AvgIpc) is 2.87. The van der Waals surface area contributed by atoms with Crippen molar-refractivity contribution in [3.8, 4) is 0 Å². The van der Waals surface area contributed by atoms with E-state index in [1.165, 1.54) is 4.90 Å². The van der Waals surface area contributed by atoms with Crippen LogP contribution in [0.15, 0.2) is 6.07 Å². The number of carbonyl (C=O) groups is 1. The minimum Gasteiger partial charge on any atom is -0.337 e. The molecule has 3 nitrogen and oxygen atoms in total. The summed E-state index contributed by atoms with van der Waals surface area (Å²) in [6.45, 7) is 2.75. The number of halogens is 4. The topological polar surface area (TPSA) is 23.6 Å². The van der Waals surface area contributed by atoms with E-state index >= 15 is 0 Å². The van der Waals surface area contributed by atoms with Gasteiger partial charge in [-0.3, -0.25) is 9.69 Å². The summed E-state index contributed by atoms with van der Waals surface area (Å²) in [5, 5.41) is 0. The molecule has 1 aromatic rings. The summed E-state index contributed by atoms with van der Waals surface area (Å²) >= 11 is 0. The van der Waals surface area contributed by atoms with Gasteiger partial charge in [0.1, 0.15) is 0 Å². The lowest BCUT2D eigenvalue weighted by atomic mass is 10.1. The zero-order valence-corrected chi connectivity index (χ0v) is 11.2. The molecule has 0 aliphatic carbocycles. The first-order valence-corrected chi connectivity index (χ1v) is 6.85. The van der Waals surface area contributed by atoms with Crippen LogP contribution in [0.25, 0.3) is 0 Å². The van der Waals surface area contributed by atoms with Gasteiger partial charge in [-0.15, -0.1) is 0 Å². The molecule has 1 aromatic carbocycles. The third-order valence-electron chi connectivity index (χ3n) is 4.19. The van der Waals surface area contributed by atoms with Crippen LogP contribution in [-0.2, 0) is 0 Å². The van der Waals surface area contributed by atoms with Crippen LogP contribution in [0.1, 0.15) is 23.2 Å². The molecule has 2 heterocycles. The molecule has 0 spiro atoms. The summed E-state index contributed by atoms with van der Waals surface area (Å²) in [7, 11) is 0. The van der Waals surface area contributed by atoms with Crippen molar-refractivity contribution in [2.45, 2.75) is 18.9 Å². The first-order valence-electron chi connectivity index (χ1n) is 6.85. The van der Waals surface area contributed by atoms with Crippen molar-refractivity contribution < 1.29 is 22.4 Å². The van der Waals surface area contributed by atoms with Crippen LogP contribution in [-0.4, -0.2) is 47.9 Å². The Morgan fingerprint density at radius 1 is 1.05 bits per heavy atom. The van der Waals surface area contributed by atoms with Crippen molar-refractivity contribution in [2.24, 2.45) is 0 Å². The molecule has 1 amide bonds. The van der Waals surface area contributed by atoms with Crippen molar-refractivity contribution >= 4 is 5.91 Å². The zero-order chi connectivity index (χ0) is 15.1. The Bertz CT molecular complexity index is 589. The van der Waals surface area contributed by atoms with Crippen molar-refractivity contribution in [3.63, 3.8) is 0 Å². The van der Waals surface area contributed by atoms with Crippen LogP contribution in [0.5, 0.6) is 0 Å². The van der Waals surface area contributed by atoms with Gasteiger partial charge in [0.15, 0.2) is 23.3 Å². The number of carbonyl (C=O) groups excluding carboxylic acids is 1. The summed E-state index contributed by atoms with van der Waals surface area (Å²) in [6, 6.07) is 0.633. The smallest absolute Gasteiger partial charge is 0.257 e. The third kappa shape index (κ3) is 2.39. The minimum atomic E-state index is -1.95. The van der Waals surface area contributed by atoms with Crippen molar-refractivity contribution in [3.05, 3.63) is 34.9 Å². The van der Waals surface area contributed by atoms with E-state index in [-0.39, 0.29) is 6.04 Å². The molecular weight excluding hydrogens is 288 g/mol. The highest BCUT2D eigenvalue weighted by Crippen LogP contribution is 2.25. The van der Waals surface area contributed by atoms with Gasteiger partial charge in [0.05, 0.1) is 5.56 Å². The highest BCUT2D eigenvalue weighted by Gasteiger charge is 2.34. The fraction of sp³-hybridized carbons (Fsp3) is 0.500. The van der Waals surface area contributed by atoms with Crippen molar-refractivity contribution in [1.82, 2.24) is 9.80 Å². The molecule has 0 radical (unpaired) electrons. The average molecular weight is 302 g/mol. The SMILES string of the molecule is O=C(c1cc(F)c(F)c(F)c1F)N1CCC(N2CCC2)C1. The molecule has 2 aliphatic rings. The second kappa shape index (κ2) is 5.29. The molecule has 2 fully saturated rings. The molecule has 1 atom stereocenters. The fourth-order valence-corrected chi connectivity index (χ4v) is 2.83. The third-order valence-corrected chi connectivity index (χ3v) is 4.19. The summed E-state index contributed by atoms with van der Waals surface area (Å²) in [6.07, 6.45) is 1.87. The molecule has 0 bridgehead atoms. The van der Waals surface area contributed by atoms with Crippen molar-refractivity contribution in [2.75, 3.05) is 26.2 Å². The normalized spacial score (nSPS) is 22.5. The van der Waals surface area contributed by atoms with E-state index < -0.39 is 34.7 Å². The van der Waals surface area contributed by atoms with E-state index in [1.54, 1.807) is 0 Å². The Hall–Kier alpha value is -1.63. The maximum absolute atomic E-state index is 13.6. The van der Waals surface area contributed by atoms with Gasteiger partial charge >= 0.3 is 0 Å². The van der Waals surface area contributed by atoms with E-state index in [9.17, 15) is 22.4 Å². The van der Waals surface area contributed by atoms with Gasteiger partial charge < -0.3 is 4.90 Å². The first kappa shape index (κ1) is 14.3. The number of nitrogens with zero attached hydrogens (tertiary/aromatic N) is 2. The molecule has 21 heavy (non-hydrogen) atoms. The quantitative estimate of drug-likeness (QED) is 0.475. The number of benzene rings is 1. The van der Waals surface area contributed by atoms with Gasteiger partial charge in [-0.2, -0.15) is 0 Å². The Labute approximate surface area is 119 Å². The van der Waals surface area contributed by atoms with E-state index in [2.05, 4.69) is 4.90 Å². The predicted octanol–water partition coefficient (Wildman–Crippen LogP) is 2.16. The van der Waals surface area contributed by atoms with Crippen LogP contribution in [0.4, 0.5) is 17.6 Å². The van der Waals surface area contributed by atoms with Gasteiger partial charge in [-0.25, -0.2) is 17.6 Å². The van der Waals surface area contributed by atoms with Crippen LogP contribution in [0.3, 0.4) is 0 Å². The monoisotopic (exact) mass is 302 g/mol. The molecule has 0 saturated carbocycles. The number of hydrogen-bond donors (Lipinski definition) is 0. The van der Waals surface area contributed by atoms with Gasteiger partial charge in [0.2, 0.25) is 0 Å². The summed E-state index contributed by atoms with van der Waals surface area (Å²) in [4.78, 5) is 15.7. The van der Waals surface area contributed by atoms with Crippen LogP contribution < -0.4 is 0 Å². The molecule has 0 N–H and O–H groups in total. The van der Waals surface area contributed by atoms with Gasteiger partial charge in [-0.05, 0) is 32.0 Å². The maximum Gasteiger partial charge on any atom is 0.257 e. The molecular formula is C14H14F4N2O. The van der Waals surface area contributed by atoms with Gasteiger partial charge in [0, 0.05) is 19.1 Å². The standard InChI is InChI=1S/C14H14F4N2O/c15-10-6-9(11(16)13(18)12(10)17)14(21)20-5-2-8(7-20)19-3-1-4-19/h6,8H,1-5,7H2. The molecule has 7 heteroatoms. The summed E-state index contributed by atoms with van der Waals surface area (Å²) < 4.78 is 52.9. The van der Waals surface area contributed by atoms with Crippen molar-refractivity contribution in [1.29, 1.82) is 0 Å². The molecule has 2 saturated heterocycles. The highest BCUT2D eigenvalue weighted by molar-refractivity contribution is 5.94.